The quantitative estimate of drug-likeness (QED) is 0.714. The van der Waals surface area contributed by atoms with Crippen LogP contribution in [0, 0.1) is 11.8 Å². The number of carboxylic acids is 1. The highest BCUT2D eigenvalue weighted by molar-refractivity contribution is 5.92. The van der Waals surface area contributed by atoms with E-state index >= 15 is 0 Å². The molecule has 0 spiro atoms. The Kier molecular flexibility index (Phi) is 7.06. The smallest absolute Gasteiger partial charge is 0.306 e. The van der Waals surface area contributed by atoms with Crippen molar-refractivity contribution in [1.82, 2.24) is 0 Å². The monoisotopic (exact) mass is 335 g/mol. The Labute approximate surface area is 142 Å². The van der Waals surface area contributed by atoms with E-state index in [9.17, 15) is 9.59 Å². The fourth-order valence-corrected chi connectivity index (χ4v) is 2.90. The highest BCUT2D eigenvalue weighted by Crippen LogP contribution is 2.30. The van der Waals surface area contributed by atoms with Crippen molar-refractivity contribution >= 4 is 17.6 Å². The fourth-order valence-electron chi connectivity index (χ4n) is 2.90. The molecule has 1 aliphatic carbocycles. The third kappa shape index (κ3) is 5.53. The van der Waals surface area contributed by atoms with Gasteiger partial charge >= 0.3 is 5.97 Å². The molecule has 0 atom stereocenters. The second-order valence-electron chi connectivity index (χ2n) is 6.10. The van der Waals surface area contributed by atoms with Crippen LogP contribution in [0.1, 0.15) is 32.1 Å². The summed E-state index contributed by atoms with van der Waals surface area (Å²) in [5.74, 6) is -0.522. The molecule has 6 heteroatoms. The summed E-state index contributed by atoms with van der Waals surface area (Å²) < 4.78 is 10.6. The average Bonchev–Trinajstić information content (AvgIpc) is 2.59. The van der Waals surface area contributed by atoms with E-state index in [0.29, 0.717) is 50.3 Å². The average molecular weight is 335 g/mol. The van der Waals surface area contributed by atoms with Gasteiger partial charge in [-0.1, -0.05) is 6.07 Å². The van der Waals surface area contributed by atoms with Crippen molar-refractivity contribution in [3.63, 3.8) is 0 Å². The normalized spacial score (nSPS) is 20.4. The minimum Gasteiger partial charge on any atom is -0.493 e. The van der Waals surface area contributed by atoms with Crippen molar-refractivity contribution in [2.24, 2.45) is 11.8 Å². The molecule has 1 aromatic rings. The maximum atomic E-state index is 12.3. The first-order chi connectivity index (χ1) is 11.6. The zero-order chi connectivity index (χ0) is 17.4. The summed E-state index contributed by atoms with van der Waals surface area (Å²) in [6.45, 7) is 1.21. The first-order valence-electron chi connectivity index (χ1n) is 8.35. The molecular weight excluding hydrogens is 310 g/mol. The molecule has 1 aliphatic rings. The second kappa shape index (κ2) is 9.27. The third-order valence-corrected chi connectivity index (χ3v) is 4.31. The number of rotatable bonds is 8. The van der Waals surface area contributed by atoms with Crippen LogP contribution in [-0.4, -0.2) is 37.3 Å². The summed E-state index contributed by atoms with van der Waals surface area (Å²) >= 11 is 0. The van der Waals surface area contributed by atoms with Gasteiger partial charge in [-0.25, -0.2) is 0 Å². The van der Waals surface area contributed by atoms with Crippen LogP contribution in [-0.2, 0) is 14.3 Å². The lowest BCUT2D eigenvalue weighted by Gasteiger charge is -2.25. The number of carbonyl (C=O) groups is 2. The lowest BCUT2D eigenvalue weighted by molar-refractivity contribution is -0.143. The zero-order valence-corrected chi connectivity index (χ0v) is 14.0. The summed E-state index contributed by atoms with van der Waals surface area (Å²) in [7, 11) is 1.65. The van der Waals surface area contributed by atoms with Gasteiger partial charge < -0.3 is 19.9 Å². The molecule has 0 saturated heterocycles. The standard InChI is InChI=1S/C18H25NO5/c1-23-10-3-11-24-16-5-2-4-15(12-16)19-17(20)13-6-8-14(9-7-13)18(21)22/h2,4-5,12-14H,3,6-11H2,1H3,(H,19,20)(H,21,22). The Morgan fingerprint density at radius 3 is 2.54 bits per heavy atom. The number of carbonyl (C=O) groups excluding carboxylic acids is 1. The molecule has 0 aliphatic heterocycles. The van der Waals surface area contributed by atoms with Gasteiger partial charge in [-0.3, -0.25) is 9.59 Å². The highest BCUT2D eigenvalue weighted by Gasteiger charge is 2.29. The number of ether oxygens (including phenoxy) is 2. The van der Waals surface area contributed by atoms with Crippen molar-refractivity contribution in [1.29, 1.82) is 0 Å². The van der Waals surface area contributed by atoms with E-state index in [-0.39, 0.29) is 17.7 Å². The van der Waals surface area contributed by atoms with Crippen LogP contribution in [0.3, 0.4) is 0 Å². The number of hydrogen-bond acceptors (Lipinski definition) is 4. The number of benzene rings is 1. The number of aliphatic carboxylic acids is 1. The summed E-state index contributed by atoms with van der Waals surface area (Å²) in [6.07, 6.45) is 3.18. The van der Waals surface area contributed by atoms with Gasteiger partial charge in [0.05, 0.1) is 12.5 Å². The summed E-state index contributed by atoms with van der Waals surface area (Å²) in [5.41, 5.74) is 0.699. The van der Waals surface area contributed by atoms with Crippen LogP contribution in [0.25, 0.3) is 0 Å². The molecule has 1 fully saturated rings. The topological polar surface area (TPSA) is 84.9 Å². The Bertz CT molecular complexity index is 552. The van der Waals surface area contributed by atoms with E-state index in [0.717, 1.165) is 6.42 Å². The first-order valence-corrected chi connectivity index (χ1v) is 8.35. The molecule has 0 bridgehead atoms. The van der Waals surface area contributed by atoms with E-state index in [2.05, 4.69) is 5.32 Å². The Balaban J connectivity index is 1.82. The van der Waals surface area contributed by atoms with E-state index in [1.165, 1.54) is 0 Å². The Hall–Kier alpha value is -2.08. The molecule has 0 radical (unpaired) electrons. The van der Waals surface area contributed by atoms with E-state index < -0.39 is 5.97 Å². The van der Waals surface area contributed by atoms with Crippen LogP contribution >= 0.6 is 0 Å². The van der Waals surface area contributed by atoms with E-state index in [4.69, 9.17) is 14.6 Å². The van der Waals surface area contributed by atoms with Crippen molar-refractivity contribution < 1.29 is 24.2 Å². The minimum atomic E-state index is -0.757. The van der Waals surface area contributed by atoms with Crippen molar-refractivity contribution in [3.8, 4) is 5.75 Å². The van der Waals surface area contributed by atoms with Crippen molar-refractivity contribution in [3.05, 3.63) is 24.3 Å². The molecule has 1 amide bonds. The van der Waals surface area contributed by atoms with Gasteiger partial charge in [-0.15, -0.1) is 0 Å². The van der Waals surface area contributed by atoms with E-state index in [1.807, 2.05) is 18.2 Å². The van der Waals surface area contributed by atoms with Gasteiger partial charge in [-0.05, 0) is 37.8 Å². The van der Waals surface area contributed by atoms with Crippen LogP contribution in [0.4, 0.5) is 5.69 Å². The predicted molar refractivity (Wildman–Crippen MR) is 90.1 cm³/mol. The number of anilines is 1. The molecule has 2 N–H and O–H groups in total. The van der Waals surface area contributed by atoms with Crippen LogP contribution in [0.5, 0.6) is 5.75 Å². The van der Waals surface area contributed by atoms with Crippen LogP contribution < -0.4 is 10.1 Å². The summed E-state index contributed by atoms with van der Waals surface area (Å²) in [4.78, 5) is 23.3. The van der Waals surface area contributed by atoms with Gasteiger partial charge in [0.25, 0.3) is 0 Å². The maximum absolute atomic E-state index is 12.3. The molecule has 2 rings (SSSR count). The largest absolute Gasteiger partial charge is 0.493 e. The molecule has 6 nitrogen and oxygen atoms in total. The molecule has 24 heavy (non-hydrogen) atoms. The number of nitrogens with one attached hydrogen (secondary N) is 1. The maximum Gasteiger partial charge on any atom is 0.306 e. The van der Waals surface area contributed by atoms with E-state index in [1.54, 1.807) is 13.2 Å². The van der Waals surface area contributed by atoms with Gasteiger partial charge in [-0.2, -0.15) is 0 Å². The van der Waals surface area contributed by atoms with Crippen molar-refractivity contribution in [2.45, 2.75) is 32.1 Å². The molecular formula is C18H25NO5. The number of carboxylic acid groups (broad SMARTS) is 1. The Morgan fingerprint density at radius 2 is 1.88 bits per heavy atom. The fraction of sp³-hybridized carbons (Fsp3) is 0.556. The zero-order valence-electron chi connectivity index (χ0n) is 14.0. The number of amides is 1. The summed E-state index contributed by atoms with van der Waals surface area (Å²) in [5, 5.41) is 11.9. The summed E-state index contributed by atoms with van der Waals surface area (Å²) in [6, 6.07) is 7.31. The highest BCUT2D eigenvalue weighted by atomic mass is 16.5. The van der Waals surface area contributed by atoms with Crippen LogP contribution in [0.2, 0.25) is 0 Å². The number of hydrogen-bond donors (Lipinski definition) is 2. The van der Waals surface area contributed by atoms with Crippen LogP contribution in [0.15, 0.2) is 24.3 Å². The lowest BCUT2D eigenvalue weighted by atomic mass is 9.81. The van der Waals surface area contributed by atoms with Gasteiger partial charge in [0.15, 0.2) is 0 Å². The SMILES string of the molecule is COCCCOc1cccc(NC(=O)C2CCC(C(=O)O)CC2)c1. The predicted octanol–water partition coefficient (Wildman–Crippen LogP) is 2.93. The third-order valence-electron chi connectivity index (χ3n) is 4.31. The lowest BCUT2D eigenvalue weighted by Crippen LogP contribution is -2.29. The molecule has 0 aromatic heterocycles. The van der Waals surface area contributed by atoms with Gasteiger partial charge in [0.2, 0.25) is 5.91 Å². The first kappa shape index (κ1) is 18.3. The molecule has 132 valence electrons. The molecule has 0 unspecified atom stereocenters. The number of methoxy groups -OCH3 is 1. The second-order valence-corrected chi connectivity index (χ2v) is 6.10. The van der Waals surface area contributed by atoms with Crippen molar-refractivity contribution in [2.75, 3.05) is 25.6 Å². The Morgan fingerprint density at radius 1 is 1.17 bits per heavy atom. The molecule has 0 heterocycles. The van der Waals surface area contributed by atoms with Gasteiger partial charge in [0, 0.05) is 37.8 Å². The molecule has 1 aromatic carbocycles. The molecule has 1 saturated carbocycles. The van der Waals surface area contributed by atoms with Gasteiger partial charge in [0.1, 0.15) is 5.75 Å². The minimum absolute atomic E-state index is 0.0460.